The Labute approximate surface area is 89.4 Å². The van der Waals surface area contributed by atoms with Crippen LogP contribution in [0.2, 0.25) is 0 Å². The number of hydrogen-bond donors (Lipinski definition) is 0. The molecule has 1 unspecified atom stereocenters. The maximum absolute atomic E-state index is 10.3. The van der Waals surface area contributed by atoms with E-state index in [1.807, 2.05) is 14.1 Å². The summed E-state index contributed by atoms with van der Waals surface area (Å²) < 4.78 is 9.35. The number of rotatable bonds is 4. The number of alkyl halides is 1. The van der Waals surface area contributed by atoms with Crippen LogP contribution in [0.5, 0.6) is 0 Å². The summed E-state index contributed by atoms with van der Waals surface area (Å²) in [6.07, 6.45) is 1.54. The Morgan fingerprint density at radius 3 is 2.57 bits per heavy atom. The Morgan fingerprint density at radius 2 is 2.36 bits per heavy atom. The van der Waals surface area contributed by atoms with Crippen LogP contribution in [-0.2, 0) is 14.3 Å². The first-order valence-corrected chi connectivity index (χ1v) is 4.75. The van der Waals surface area contributed by atoms with E-state index in [2.05, 4.69) is 11.3 Å². The lowest BCUT2D eigenvalue weighted by molar-refractivity contribution is -0.141. The maximum atomic E-state index is 10.3. The highest BCUT2D eigenvalue weighted by atomic mass is 35.5. The standard InChI is InChI=1S/C6H11NO2.C3H5ClO/c1-4-6(8)9-5-7(2)3;4-1-3-2-5-3/h4H,1,5H2,2-3H3;3H,1-2H2. The fourth-order valence-corrected chi connectivity index (χ4v) is 0.587. The van der Waals surface area contributed by atoms with Gasteiger partial charge in [-0.3, -0.25) is 4.90 Å². The van der Waals surface area contributed by atoms with E-state index < -0.39 is 0 Å². The number of epoxide rings is 1. The Morgan fingerprint density at radius 1 is 1.79 bits per heavy atom. The minimum atomic E-state index is -0.385. The van der Waals surface area contributed by atoms with Gasteiger partial charge in [-0.15, -0.1) is 11.6 Å². The highest BCUT2D eigenvalue weighted by molar-refractivity contribution is 6.18. The SMILES string of the molecule is C=CC(=O)OCN(C)C.ClCC1CO1. The molecule has 5 heteroatoms. The number of nitrogens with zero attached hydrogens (tertiary/aromatic N) is 1. The van der Waals surface area contributed by atoms with E-state index in [0.717, 1.165) is 12.7 Å². The van der Waals surface area contributed by atoms with Gasteiger partial charge in [0.2, 0.25) is 0 Å². The van der Waals surface area contributed by atoms with Gasteiger partial charge in [0.1, 0.15) is 6.73 Å². The molecule has 0 radical (unpaired) electrons. The Balaban J connectivity index is 0.000000280. The fourth-order valence-electron chi connectivity index (χ4n) is 0.409. The van der Waals surface area contributed by atoms with Crippen molar-refractivity contribution in [2.45, 2.75) is 6.10 Å². The van der Waals surface area contributed by atoms with Gasteiger partial charge in [-0.25, -0.2) is 4.79 Å². The van der Waals surface area contributed by atoms with Gasteiger partial charge in [-0.05, 0) is 14.1 Å². The van der Waals surface area contributed by atoms with Crippen molar-refractivity contribution >= 4 is 17.6 Å². The van der Waals surface area contributed by atoms with Crippen molar-refractivity contribution in [2.24, 2.45) is 0 Å². The van der Waals surface area contributed by atoms with E-state index in [-0.39, 0.29) is 5.97 Å². The predicted octanol–water partition coefficient (Wildman–Crippen LogP) is 0.859. The molecule has 1 aliphatic rings. The van der Waals surface area contributed by atoms with Crippen molar-refractivity contribution in [3.8, 4) is 0 Å². The maximum Gasteiger partial charge on any atom is 0.331 e. The van der Waals surface area contributed by atoms with Crippen LogP contribution in [0.4, 0.5) is 0 Å². The molecule has 0 aromatic rings. The summed E-state index contributed by atoms with van der Waals surface area (Å²) in [7, 11) is 3.63. The molecule has 0 aromatic carbocycles. The average molecular weight is 222 g/mol. The second kappa shape index (κ2) is 7.79. The molecule has 0 amide bonds. The minimum absolute atomic E-state index is 0.310. The lowest BCUT2D eigenvalue weighted by Crippen LogP contribution is -2.18. The van der Waals surface area contributed by atoms with Crippen molar-refractivity contribution in [2.75, 3.05) is 33.3 Å². The largest absolute Gasteiger partial charge is 0.446 e. The molecule has 0 saturated carbocycles. The van der Waals surface area contributed by atoms with Crippen LogP contribution in [0.15, 0.2) is 12.7 Å². The van der Waals surface area contributed by atoms with Crippen molar-refractivity contribution in [1.82, 2.24) is 4.90 Å². The molecule has 0 aromatic heterocycles. The number of carbonyl (C=O) groups is 1. The summed E-state index contributed by atoms with van der Waals surface area (Å²) in [6.45, 7) is 4.43. The second-order valence-electron chi connectivity index (χ2n) is 2.99. The van der Waals surface area contributed by atoms with E-state index in [0.29, 0.717) is 18.7 Å². The molecular weight excluding hydrogens is 206 g/mol. The summed E-state index contributed by atoms with van der Waals surface area (Å²) >= 11 is 5.27. The highest BCUT2D eigenvalue weighted by Gasteiger charge is 2.19. The smallest absolute Gasteiger partial charge is 0.331 e. The first kappa shape index (κ1) is 13.4. The first-order chi connectivity index (χ1) is 6.60. The molecule has 1 aliphatic heterocycles. The first-order valence-electron chi connectivity index (χ1n) is 4.21. The van der Waals surface area contributed by atoms with Crippen LogP contribution in [0.3, 0.4) is 0 Å². The summed E-state index contributed by atoms with van der Waals surface area (Å²) in [4.78, 5) is 12.1. The topological polar surface area (TPSA) is 42.1 Å². The van der Waals surface area contributed by atoms with Gasteiger partial charge < -0.3 is 9.47 Å². The summed E-state index contributed by atoms with van der Waals surface area (Å²) in [6, 6.07) is 0. The number of halogens is 1. The summed E-state index contributed by atoms with van der Waals surface area (Å²) in [5.74, 6) is 0.281. The van der Waals surface area contributed by atoms with Gasteiger partial charge in [0.25, 0.3) is 0 Å². The van der Waals surface area contributed by atoms with Crippen LogP contribution >= 0.6 is 11.6 Å². The Kier molecular flexibility index (Phi) is 7.47. The van der Waals surface area contributed by atoms with Gasteiger partial charge >= 0.3 is 5.97 Å². The van der Waals surface area contributed by atoms with Crippen molar-refractivity contribution in [3.63, 3.8) is 0 Å². The molecule has 0 N–H and O–H groups in total. The Hall–Kier alpha value is -0.580. The molecular formula is C9H16ClNO3. The van der Waals surface area contributed by atoms with Crippen molar-refractivity contribution < 1.29 is 14.3 Å². The van der Waals surface area contributed by atoms with Crippen LogP contribution < -0.4 is 0 Å². The third kappa shape index (κ3) is 9.51. The lowest BCUT2D eigenvalue weighted by atomic mass is 10.6. The van der Waals surface area contributed by atoms with Gasteiger partial charge in [0.15, 0.2) is 0 Å². The quantitative estimate of drug-likeness (QED) is 0.232. The van der Waals surface area contributed by atoms with Crippen molar-refractivity contribution in [3.05, 3.63) is 12.7 Å². The fraction of sp³-hybridized carbons (Fsp3) is 0.667. The zero-order chi connectivity index (χ0) is 11.0. The molecule has 1 fully saturated rings. The molecule has 1 saturated heterocycles. The van der Waals surface area contributed by atoms with Crippen LogP contribution in [0.25, 0.3) is 0 Å². The number of ether oxygens (including phenoxy) is 2. The third-order valence-electron chi connectivity index (χ3n) is 1.21. The van der Waals surface area contributed by atoms with Gasteiger partial charge in [-0.2, -0.15) is 0 Å². The van der Waals surface area contributed by atoms with E-state index in [1.54, 1.807) is 4.90 Å². The summed E-state index contributed by atoms with van der Waals surface area (Å²) in [5.41, 5.74) is 0. The molecule has 0 bridgehead atoms. The molecule has 1 atom stereocenters. The number of esters is 1. The monoisotopic (exact) mass is 221 g/mol. The molecule has 1 heterocycles. The molecule has 0 aliphatic carbocycles. The van der Waals surface area contributed by atoms with Gasteiger partial charge in [0, 0.05) is 6.08 Å². The average Bonchev–Trinajstić information content (AvgIpc) is 2.98. The predicted molar refractivity (Wildman–Crippen MR) is 55.3 cm³/mol. The molecule has 4 nitrogen and oxygen atoms in total. The van der Waals surface area contributed by atoms with E-state index in [9.17, 15) is 4.79 Å². The summed E-state index contributed by atoms with van der Waals surface area (Å²) in [5, 5.41) is 0. The molecule has 0 spiro atoms. The van der Waals surface area contributed by atoms with Crippen molar-refractivity contribution in [1.29, 1.82) is 0 Å². The van der Waals surface area contributed by atoms with Crippen LogP contribution in [-0.4, -0.2) is 50.3 Å². The molecule has 82 valence electrons. The minimum Gasteiger partial charge on any atom is -0.446 e. The van der Waals surface area contributed by atoms with Gasteiger partial charge in [-0.1, -0.05) is 6.58 Å². The third-order valence-corrected chi connectivity index (χ3v) is 1.55. The Bertz CT molecular complexity index is 181. The second-order valence-corrected chi connectivity index (χ2v) is 3.29. The van der Waals surface area contributed by atoms with E-state index >= 15 is 0 Å². The molecule has 14 heavy (non-hydrogen) atoms. The number of carbonyl (C=O) groups excluding carboxylic acids is 1. The van der Waals surface area contributed by atoms with Crippen LogP contribution in [0, 0.1) is 0 Å². The highest BCUT2D eigenvalue weighted by Crippen LogP contribution is 2.08. The van der Waals surface area contributed by atoms with Crippen LogP contribution in [0.1, 0.15) is 0 Å². The number of hydrogen-bond acceptors (Lipinski definition) is 4. The zero-order valence-electron chi connectivity index (χ0n) is 8.53. The lowest BCUT2D eigenvalue weighted by Gasteiger charge is -2.07. The normalized spacial score (nSPS) is 18.1. The van der Waals surface area contributed by atoms with E-state index in [4.69, 9.17) is 16.3 Å². The zero-order valence-corrected chi connectivity index (χ0v) is 9.29. The van der Waals surface area contributed by atoms with E-state index in [1.165, 1.54) is 0 Å². The molecule has 1 rings (SSSR count). The van der Waals surface area contributed by atoms with Gasteiger partial charge in [0.05, 0.1) is 18.6 Å².